The Labute approximate surface area is 107 Å². The SMILES string of the molecule is CC(=O)c1cccc(NC(=O)N2CCC(C)C2)c1. The van der Waals surface area contributed by atoms with Gasteiger partial charge in [-0.15, -0.1) is 0 Å². The van der Waals surface area contributed by atoms with Gasteiger partial charge in [0, 0.05) is 24.3 Å². The number of urea groups is 1. The summed E-state index contributed by atoms with van der Waals surface area (Å²) >= 11 is 0. The van der Waals surface area contributed by atoms with Crippen molar-refractivity contribution in [3.8, 4) is 0 Å². The van der Waals surface area contributed by atoms with E-state index in [9.17, 15) is 9.59 Å². The van der Waals surface area contributed by atoms with Gasteiger partial charge >= 0.3 is 6.03 Å². The van der Waals surface area contributed by atoms with Gasteiger partial charge in [-0.3, -0.25) is 4.79 Å². The summed E-state index contributed by atoms with van der Waals surface area (Å²) in [5.74, 6) is 0.570. The van der Waals surface area contributed by atoms with Crippen LogP contribution in [0.2, 0.25) is 0 Å². The minimum absolute atomic E-state index is 0.000828. The summed E-state index contributed by atoms with van der Waals surface area (Å²) in [5.41, 5.74) is 1.29. The number of nitrogens with zero attached hydrogens (tertiary/aromatic N) is 1. The van der Waals surface area contributed by atoms with E-state index in [0.29, 0.717) is 17.2 Å². The van der Waals surface area contributed by atoms with Gasteiger partial charge in [0.25, 0.3) is 0 Å². The topological polar surface area (TPSA) is 49.4 Å². The second-order valence-electron chi connectivity index (χ2n) is 4.91. The molecule has 0 aliphatic carbocycles. The van der Waals surface area contributed by atoms with Gasteiger partial charge in [0.1, 0.15) is 0 Å². The van der Waals surface area contributed by atoms with Crippen molar-refractivity contribution in [2.45, 2.75) is 20.3 Å². The number of likely N-dealkylation sites (tertiary alicyclic amines) is 1. The van der Waals surface area contributed by atoms with Crippen LogP contribution >= 0.6 is 0 Å². The van der Waals surface area contributed by atoms with Gasteiger partial charge in [-0.25, -0.2) is 4.79 Å². The first-order chi connectivity index (χ1) is 8.56. The fourth-order valence-electron chi connectivity index (χ4n) is 2.14. The molecular formula is C14H18N2O2. The third kappa shape index (κ3) is 2.88. The molecule has 1 aromatic rings. The minimum Gasteiger partial charge on any atom is -0.324 e. The van der Waals surface area contributed by atoms with Crippen LogP contribution < -0.4 is 5.32 Å². The van der Waals surface area contributed by atoms with E-state index >= 15 is 0 Å². The summed E-state index contributed by atoms with van der Waals surface area (Å²) in [7, 11) is 0. The zero-order valence-corrected chi connectivity index (χ0v) is 10.8. The van der Waals surface area contributed by atoms with Gasteiger partial charge in [0.2, 0.25) is 0 Å². The molecular weight excluding hydrogens is 228 g/mol. The second kappa shape index (κ2) is 5.21. The Balaban J connectivity index is 2.03. The fraction of sp³-hybridized carbons (Fsp3) is 0.429. The molecule has 1 atom stereocenters. The van der Waals surface area contributed by atoms with E-state index < -0.39 is 0 Å². The van der Waals surface area contributed by atoms with Crippen LogP contribution in [0.1, 0.15) is 30.6 Å². The van der Waals surface area contributed by atoms with E-state index in [0.717, 1.165) is 19.5 Å². The Hall–Kier alpha value is -1.84. The largest absolute Gasteiger partial charge is 0.324 e. The lowest BCUT2D eigenvalue weighted by molar-refractivity contribution is 0.101. The van der Waals surface area contributed by atoms with Gasteiger partial charge in [0.15, 0.2) is 5.78 Å². The van der Waals surface area contributed by atoms with Crippen LogP contribution in [0.4, 0.5) is 10.5 Å². The molecule has 1 unspecified atom stereocenters. The van der Waals surface area contributed by atoms with Crippen molar-refractivity contribution in [3.63, 3.8) is 0 Å². The Bertz CT molecular complexity index is 471. The highest BCUT2D eigenvalue weighted by Crippen LogP contribution is 2.17. The Kier molecular flexibility index (Phi) is 3.65. The van der Waals surface area contributed by atoms with E-state index in [1.165, 1.54) is 6.92 Å². The van der Waals surface area contributed by atoms with Crippen LogP contribution in [0, 0.1) is 5.92 Å². The molecule has 0 bridgehead atoms. The van der Waals surface area contributed by atoms with Crippen LogP contribution in [-0.2, 0) is 0 Å². The van der Waals surface area contributed by atoms with E-state index in [1.807, 2.05) is 4.90 Å². The van der Waals surface area contributed by atoms with E-state index in [1.54, 1.807) is 24.3 Å². The molecule has 18 heavy (non-hydrogen) atoms. The Morgan fingerprint density at radius 2 is 2.17 bits per heavy atom. The molecule has 1 fully saturated rings. The molecule has 2 amide bonds. The van der Waals surface area contributed by atoms with Crippen molar-refractivity contribution in [2.24, 2.45) is 5.92 Å². The van der Waals surface area contributed by atoms with Crippen LogP contribution in [0.25, 0.3) is 0 Å². The standard InChI is InChI=1S/C14H18N2O2/c1-10-6-7-16(9-10)14(18)15-13-5-3-4-12(8-13)11(2)17/h3-5,8,10H,6-7,9H2,1-2H3,(H,15,18). The molecule has 0 saturated carbocycles. The molecule has 1 saturated heterocycles. The summed E-state index contributed by atoms with van der Waals surface area (Å²) in [4.78, 5) is 25.0. The number of hydrogen-bond donors (Lipinski definition) is 1. The number of Topliss-reactive ketones (excluding diaryl/α,β-unsaturated/α-hetero) is 1. The maximum absolute atomic E-state index is 12.0. The summed E-state index contributed by atoms with van der Waals surface area (Å²) < 4.78 is 0. The molecule has 0 spiro atoms. The van der Waals surface area contributed by atoms with E-state index in [-0.39, 0.29) is 11.8 Å². The number of benzene rings is 1. The van der Waals surface area contributed by atoms with Crippen LogP contribution in [0.5, 0.6) is 0 Å². The molecule has 1 aliphatic rings. The van der Waals surface area contributed by atoms with Crippen molar-refractivity contribution in [1.82, 2.24) is 4.90 Å². The van der Waals surface area contributed by atoms with Crippen LogP contribution in [0.3, 0.4) is 0 Å². The first-order valence-electron chi connectivity index (χ1n) is 6.23. The third-order valence-corrected chi connectivity index (χ3v) is 3.23. The predicted octanol–water partition coefficient (Wildman–Crippen LogP) is 2.76. The first-order valence-corrected chi connectivity index (χ1v) is 6.23. The summed E-state index contributed by atoms with van der Waals surface area (Å²) in [6.45, 7) is 5.27. The number of rotatable bonds is 2. The Morgan fingerprint density at radius 1 is 1.39 bits per heavy atom. The fourth-order valence-corrected chi connectivity index (χ4v) is 2.14. The molecule has 4 heteroatoms. The molecule has 0 radical (unpaired) electrons. The van der Waals surface area contributed by atoms with Crippen molar-refractivity contribution in [1.29, 1.82) is 0 Å². The number of ketones is 1. The summed E-state index contributed by atoms with van der Waals surface area (Å²) in [6, 6.07) is 6.94. The smallest absolute Gasteiger partial charge is 0.321 e. The number of anilines is 1. The molecule has 2 rings (SSSR count). The molecule has 96 valence electrons. The van der Waals surface area contributed by atoms with Crippen molar-refractivity contribution in [2.75, 3.05) is 18.4 Å². The van der Waals surface area contributed by atoms with Crippen molar-refractivity contribution in [3.05, 3.63) is 29.8 Å². The average Bonchev–Trinajstić information content (AvgIpc) is 2.76. The zero-order chi connectivity index (χ0) is 13.1. The maximum atomic E-state index is 12.0. The first kappa shape index (κ1) is 12.6. The quantitative estimate of drug-likeness (QED) is 0.816. The highest BCUT2D eigenvalue weighted by Gasteiger charge is 2.23. The maximum Gasteiger partial charge on any atom is 0.321 e. The average molecular weight is 246 g/mol. The van der Waals surface area contributed by atoms with Crippen molar-refractivity contribution < 1.29 is 9.59 Å². The van der Waals surface area contributed by atoms with Crippen molar-refractivity contribution >= 4 is 17.5 Å². The number of carbonyl (C=O) groups excluding carboxylic acids is 2. The monoisotopic (exact) mass is 246 g/mol. The summed E-state index contributed by atoms with van der Waals surface area (Å²) in [6.07, 6.45) is 1.06. The molecule has 1 aliphatic heterocycles. The predicted molar refractivity (Wildman–Crippen MR) is 70.8 cm³/mol. The molecule has 4 nitrogen and oxygen atoms in total. The zero-order valence-electron chi connectivity index (χ0n) is 10.8. The number of nitrogens with one attached hydrogen (secondary N) is 1. The molecule has 0 aromatic heterocycles. The Morgan fingerprint density at radius 3 is 2.78 bits per heavy atom. The normalized spacial score (nSPS) is 18.8. The van der Waals surface area contributed by atoms with Crippen LogP contribution in [-0.4, -0.2) is 29.8 Å². The van der Waals surface area contributed by atoms with E-state index in [2.05, 4.69) is 12.2 Å². The highest BCUT2D eigenvalue weighted by molar-refractivity contribution is 5.96. The lowest BCUT2D eigenvalue weighted by Crippen LogP contribution is -2.32. The molecule has 1 N–H and O–H groups in total. The number of carbonyl (C=O) groups is 2. The number of hydrogen-bond acceptors (Lipinski definition) is 2. The van der Waals surface area contributed by atoms with Gasteiger partial charge in [0.05, 0.1) is 0 Å². The summed E-state index contributed by atoms with van der Waals surface area (Å²) in [5, 5.41) is 2.83. The van der Waals surface area contributed by atoms with Gasteiger partial charge in [-0.1, -0.05) is 19.1 Å². The van der Waals surface area contributed by atoms with Gasteiger partial charge in [-0.05, 0) is 31.4 Å². The highest BCUT2D eigenvalue weighted by atomic mass is 16.2. The van der Waals surface area contributed by atoms with Gasteiger partial charge in [-0.2, -0.15) is 0 Å². The second-order valence-corrected chi connectivity index (χ2v) is 4.91. The minimum atomic E-state index is -0.0833. The van der Waals surface area contributed by atoms with Gasteiger partial charge < -0.3 is 10.2 Å². The van der Waals surface area contributed by atoms with E-state index in [4.69, 9.17) is 0 Å². The molecule has 1 aromatic carbocycles. The third-order valence-electron chi connectivity index (χ3n) is 3.23. The number of amides is 2. The lowest BCUT2D eigenvalue weighted by Gasteiger charge is -2.17. The molecule has 1 heterocycles. The lowest BCUT2D eigenvalue weighted by atomic mass is 10.1. The van der Waals surface area contributed by atoms with Crippen LogP contribution in [0.15, 0.2) is 24.3 Å².